The van der Waals surface area contributed by atoms with Crippen LogP contribution in [0.2, 0.25) is 0 Å². The van der Waals surface area contributed by atoms with Gasteiger partial charge in [0, 0.05) is 13.1 Å². The molecule has 388 valence electrons. The Balaban J connectivity index is 0.000000467. The monoisotopic (exact) mass is 1020 g/mol. The van der Waals surface area contributed by atoms with E-state index in [9.17, 15) is 28.3 Å². The molecule has 6 N–H and O–H groups in total. The van der Waals surface area contributed by atoms with E-state index in [0.717, 1.165) is 0 Å². The van der Waals surface area contributed by atoms with Gasteiger partial charge in [0.1, 0.15) is 36.4 Å². The summed E-state index contributed by atoms with van der Waals surface area (Å²) in [6.45, 7) is 18.3. The number of nitrogen functional groups attached to an aromatic ring is 2. The molecule has 0 amide bonds. The third kappa shape index (κ3) is 19.6. The SMILES string of the molecule is CC(C)(C)C(=O)OCOP(=O)(COCCn1cnc2c(N)ncnc21)OCOC(=O)C(C)(C)C.CC(C)(C)C(=O)OCOP(=O)(COCCn1cnc2c(N)ncnc21)OCOC(=O)C(C)(C)C.O. The highest BCUT2D eigenvalue weighted by Gasteiger charge is 2.32. The molecule has 29 heteroatoms. The molecule has 27 nitrogen and oxygen atoms in total. The molecule has 4 aromatic heterocycles. The molecule has 4 aromatic rings. The normalized spacial score (nSPS) is 12.5. The van der Waals surface area contributed by atoms with Crippen LogP contribution in [0.4, 0.5) is 11.6 Å². The zero-order chi connectivity index (χ0) is 51.1. The molecular formula is C40H66N10O17P2. The van der Waals surface area contributed by atoms with E-state index in [0.29, 0.717) is 35.4 Å². The van der Waals surface area contributed by atoms with Gasteiger partial charge >= 0.3 is 39.1 Å². The first kappa shape index (κ1) is 59.9. The van der Waals surface area contributed by atoms with Crippen molar-refractivity contribution in [1.29, 1.82) is 0 Å². The van der Waals surface area contributed by atoms with Crippen molar-refractivity contribution in [3.63, 3.8) is 0 Å². The zero-order valence-electron chi connectivity index (χ0n) is 41.0. The Kier molecular flexibility index (Phi) is 22.2. The van der Waals surface area contributed by atoms with E-state index in [1.807, 2.05) is 0 Å². The van der Waals surface area contributed by atoms with Gasteiger partial charge in [-0.3, -0.25) is 46.4 Å². The Bertz CT molecular complexity index is 2180. The number of anilines is 2. The topological polar surface area (TPSA) is 365 Å². The molecule has 0 saturated carbocycles. The minimum Gasteiger partial charge on any atom is -0.438 e. The first-order valence-corrected chi connectivity index (χ1v) is 24.3. The molecule has 0 spiro atoms. The van der Waals surface area contributed by atoms with Crippen molar-refractivity contribution in [3.05, 3.63) is 25.3 Å². The summed E-state index contributed by atoms with van der Waals surface area (Å²) in [5, 5.41) is 0. The standard InChI is InChI=1S/2C20H32N5O8P.H2O/c2*1-19(2,3)17(26)30-11-32-34(28,33-12-31-18(27)20(4,5)6)13-29-8-7-25-10-24-14-15(21)22-9-23-16(14)25;/h2*9-10H,7-8,11-13H2,1-6H3,(H2,21,22,23);1H2. The van der Waals surface area contributed by atoms with Crippen LogP contribution in [0.3, 0.4) is 0 Å². The highest BCUT2D eigenvalue weighted by atomic mass is 31.2. The first-order valence-electron chi connectivity index (χ1n) is 20.9. The van der Waals surface area contributed by atoms with Gasteiger partial charge in [0.15, 0.2) is 22.9 Å². The molecule has 0 aromatic carbocycles. The number of carbonyl (C=O) groups excluding carboxylic acids is 4. The minimum atomic E-state index is -3.95. The van der Waals surface area contributed by atoms with Crippen LogP contribution in [0.25, 0.3) is 22.3 Å². The number of hydrogen-bond donors (Lipinski definition) is 2. The molecule has 0 aliphatic heterocycles. The summed E-state index contributed by atoms with van der Waals surface area (Å²) < 4.78 is 81.3. The van der Waals surface area contributed by atoms with Crippen LogP contribution in [0.1, 0.15) is 83.1 Å². The van der Waals surface area contributed by atoms with Gasteiger partial charge in [0.2, 0.25) is 27.2 Å². The number of hydrogen-bond acceptors (Lipinski definition) is 24. The lowest BCUT2D eigenvalue weighted by Crippen LogP contribution is -2.25. The van der Waals surface area contributed by atoms with Crippen molar-refractivity contribution in [2.24, 2.45) is 21.7 Å². The maximum Gasteiger partial charge on any atom is 0.361 e. The Morgan fingerprint density at radius 1 is 0.493 bits per heavy atom. The Morgan fingerprint density at radius 3 is 1.03 bits per heavy atom. The molecule has 69 heavy (non-hydrogen) atoms. The number of nitrogens with two attached hydrogens (primary N) is 2. The van der Waals surface area contributed by atoms with Crippen molar-refractivity contribution < 1.29 is 80.3 Å². The lowest BCUT2D eigenvalue weighted by Gasteiger charge is -2.22. The summed E-state index contributed by atoms with van der Waals surface area (Å²) in [5.74, 6) is -1.68. The average molecular weight is 1020 g/mol. The summed E-state index contributed by atoms with van der Waals surface area (Å²) in [4.78, 5) is 72.0. The number of imidazole rings is 2. The predicted molar refractivity (Wildman–Crippen MR) is 246 cm³/mol. The van der Waals surface area contributed by atoms with E-state index < -0.39 is 101 Å². The number of rotatable bonds is 22. The number of fused-ring (bicyclic) bond motifs is 2. The largest absolute Gasteiger partial charge is 0.438 e. The second-order valence-electron chi connectivity index (χ2n) is 18.7. The summed E-state index contributed by atoms with van der Waals surface area (Å²) in [5.41, 5.74) is 10.4. The third-order valence-corrected chi connectivity index (χ3v) is 11.5. The van der Waals surface area contributed by atoms with Crippen LogP contribution >= 0.6 is 15.2 Å². The summed E-state index contributed by atoms with van der Waals surface area (Å²) in [6.07, 6.45) is 4.76. The number of esters is 4. The average Bonchev–Trinajstić information content (AvgIpc) is 3.85. The quantitative estimate of drug-likeness (QED) is 0.0357. The number of aromatic nitrogens is 8. The fraction of sp³-hybridized carbons (Fsp3) is 0.650. The Labute approximate surface area is 399 Å². The van der Waals surface area contributed by atoms with E-state index in [1.54, 1.807) is 92.2 Å². The molecule has 0 bridgehead atoms. The highest BCUT2D eigenvalue weighted by molar-refractivity contribution is 7.53. The molecule has 0 aliphatic rings. The van der Waals surface area contributed by atoms with Gasteiger partial charge in [-0.05, 0) is 83.1 Å². The lowest BCUT2D eigenvalue weighted by atomic mass is 9.98. The molecule has 0 saturated heterocycles. The molecule has 4 heterocycles. The van der Waals surface area contributed by atoms with Crippen molar-refractivity contribution in [3.8, 4) is 0 Å². The first-order chi connectivity index (χ1) is 31.5. The Morgan fingerprint density at radius 2 is 0.768 bits per heavy atom. The Hall–Kier alpha value is -5.24. The van der Waals surface area contributed by atoms with Crippen LogP contribution in [-0.2, 0) is 87.9 Å². The predicted octanol–water partition coefficient (Wildman–Crippen LogP) is 4.58. The van der Waals surface area contributed by atoms with Crippen molar-refractivity contribution >= 4 is 73.0 Å². The van der Waals surface area contributed by atoms with Gasteiger partial charge in [-0.25, -0.2) is 29.9 Å². The molecule has 0 atom stereocenters. The molecular weight excluding hydrogens is 954 g/mol. The minimum absolute atomic E-state index is 0. The van der Waals surface area contributed by atoms with E-state index in [-0.39, 0.29) is 30.3 Å². The molecule has 0 unspecified atom stereocenters. The van der Waals surface area contributed by atoms with Crippen molar-refractivity contribution in [2.45, 2.75) is 96.2 Å². The van der Waals surface area contributed by atoms with Crippen molar-refractivity contribution in [1.82, 2.24) is 39.0 Å². The molecule has 0 aliphatic carbocycles. The van der Waals surface area contributed by atoms with Crippen LogP contribution in [0.5, 0.6) is 0 Å². The third-order valence-electron chi connectivity index (χ3n) is 8.52. The van der Waals surface area contributed by atoms with E-state index in [1.165, 1.54) is 25.3 Å². The lowest BCUT2D eigenvalue weighted by molar-refractivity contribution is -0.164. The van der Waals surface area contributed by atoms with Gasteiger partial charge in [-0.2, -0.15) is 0 Å². The fourth-order valence-electron chi connectivity index (χ4n) is 4.53. The molecule has 0 fully saturated rings. The van der Waals surface area contributed by atoms with Crippen molar-refractivity contribution in [2.75, 3.05) is 64.5 Å². The van der Waals surface area contributed by atoms with E-state index >= 15 is 0 Å². The number of carbonyl (C=O) groups is 4. The second kappa shape index (κ2) is 25.6. The summed E-state index contributed by atoms with van der Waals surface area (Å²) in [6, 6.07) is 0. The number of ether oxygens (including phenoxy) is 6. The molecule has 0 radical (unpaired) electrons. The fourth-order valence-corrected chi connectivity index (χ4v) is 6.54. The van der Waals surface area contributed by atoms with Crippen LogP contribution in [0.15, 0.2) is 25.3 Å². The summed E-state index contributed by atoms with van der Waals surface area (Å²) >= 11 is 0. The van der Waals surface area contributed by atoms with Gasteiger partial charge in [0.25, 0.3) is 0 Å². The maximum absolute atomic E-state index is 13.1. The zero-order valence-corrected chi connectivity index (χ0v) is 42.8. The van der Waals surface area contributed by atoms with Gasteiger partial charge in [-0.15, -0.1) is 0 Å². The van der Waals surface area contributed by atoms with E-state index in [2.05, 4.69) is 29.9 Å². The van der Waals surface area contributed by atoms with Crippen LogP contribution in [-0.4, -0.2) is 121 Å². The maximum atomic E-state index is 13.1. The van der Waals surface area contributed by atoms with E-state index in [4.69, 9.17) is 58.0 Å². The second-order valence-corrected chi connectivity index (χ2v) is 22.7. The molecule has 4 rings (SSSR count). The highest BCUT2D eigenvalue weighted by Crippen LogP contribution is 2.49. The van der Waals surface area contributed by atoms with Gasteiger partial charge < -0.3 is 54.5 Å². The summed E-state index contributed by atoms with van der Waals surface area (Å²) in [7, 11) is -7.89. The van der Waals surface area contributed by atoms with Gasteiger partial charge in [0.05, 0.1) is 47.5 Å². The van der Waals surface area contributed by atoms with Gasteiger partial charge in [-0.1, -0.05) is 0 Å². The van der Waals surface area contributed by atoms with Crippen LogP contribution < -0.4 is 11.5 Å². The number of nitrogens with zero attached hydrogens (tertiary/aromatic N) is 8. The smallest absolute Gasteiger partial charge is 0.361 e. The van der Waals surface area contributed by atoms with Crippen LogP contribution in [0, 0.1) is 21.7 Å².